The van der Waals surface area contributed by atoms with Gasteiger partial charge in [0.25, 0.3) is 5.91 Å². The summed E-state index contributed by atoms with van der Waals surface area (Å²) in [6, 6.07) is 11.0. The average molecular weight is 376 g/mol. The summed E-state index contributed by atoms with van der Waals surface area (Å²) in [5, 5.41) is 11.1. The second-order valence-electron chi connectivity index (χ2n) is 6.78. The van der Waals surface area contributed by atoms with Gasteiger partial charge in [-0.15, -0.1) is 0 Å². The Morgan fingerprint density at radius 2 is 2.04 bits per heavy atom. The van der Waals surface area contributed by atoms with Gasteiger partial charge in [-0.3, -0.25) is 4.79 Å². The van der Waals surface area contributed by atoms with Crippen LogP contribution in [-0.2, 0) is 16.1 Å². The lowest BCUT2D eigenvalue weighted by atomic mass is 10.0. The average Bonchev–Trinajstić information content (AvgIpc) is 2.83. The van der Waals surface area contributed by atoms with Crippen LogP contribution in [0.25, 0.3) is 11.1 Å². The number of fused-ring (bicyclic) bond motifs is 1. The van der Waals surface area contributed by atoms with Gasteiger partial charge in [-0.05, 0) is 49.2 Å². The largest absolute Gasteiger partial charge is 0.504 e. The van der Waals surface area contributed by atoms with Crippen LogP contribution in [0.4, 0.5) is 0 Å². The Morgan fingerprint density at radius 3 is 2.73 bits per heavy atom. The van der Waals surface area contributed by atoms with E-state index < -0.39 is 5.60 Å². The van der Waals surface area contributed by atoms with E-state index in [1.807, 2.05) is 24.3 Å². The molecule has 0 aromatic heterocycles. The monoisotopic (exact) mass is 375 g/mol. The van der Waals surface area contributed by atoms with Gasteiger partial charge in [0.05, 0.1) is 6.54 Å². The minimum Gasteiger partial charge on any atom is -0.504 e. The number of rotatable bonds is 3. The molecule has 1 aliphatic rings. The fourth-order valence-corrected chi connectivity index (χ4v) is 3.17. The Bertz CT molecular complexity index is 835. The topological polar surface area (TPSA) is 59.0 Å². The van der Waals surface area contributed by atoms with Crippen molar-refractivity contribution in [2.75, 3.05) is 20.3 Å². The number of methoxy groups -OCH3 is 1. The molecule has 1 N–H and O–H groups in total. The molecule has 2 aromatic carbocycles. The van der Waals surface area contributed by atoms with Gasteiger partial charge in [-0.2, -0.15) is 0 Å². The number of hydrogen-bond donors (Lipinski definition) is 1. The Kier molecular flexibility index (Phi) is 5.12. The van der Waals surface area contributed by atoms with Crippen LogP contribution < -0.4 is 4.74 Å². The van der Waals surface area contributed by atoms with Gasteiger partial charge in [-0.25, -0.2) is 0 Å². The maximum atomic E-state index is 12.8. The summed E-state index contributed by atoms with van der Waals surface area (Å²) >= 11 is 6.08. The van der Waals surface area contributed by atoms with E-state index in [2.05, 4.69) is 0 Å². The smallest absolute Gasteiger partial charge is 0.254 e. The van der Waals surface area contributed by atoms with Crippen molar-refractivity contribution in [3.63, 3.8) is 0 Å². The molecule has 1 amide bonds. The molecule has 1 aliphatic heterocycles. The Labute approximate surface area is 158 Å². The number of carbonyl (C=O) groups is 1. The number of phenols is 1. The lowest BCUT2D eigenvalue weighted by molar-refractivity contribution is -0.151. The predicted octanol–water partition coefficient (Wildman–Crippen LogP) is 3.86. The molecule has 0 unspecified atom stereocenters. The summed E-state index contributed by atoms with van der Waals surface area (Å²) in [4.78, 5) is 14.5. The molecule has 0 atom stereocenters. The van der Waals surface area contributed by atoms with Crippen LogP contribution in [-0.4, -0.2) is 41.8 Å². The van der Waals surface area contributed by atoms with E-state index in [0.717, 1.165) is 16.7 Å². The Balaban J connectivity index is 1.99. The van der Waals surface area contributed by atoms with Crippen LogP contribution >= 0.6 is 11.6 Å². The van der Waals surface area contributed by atoms with Crippen LogP contribution in [0.3, 0.4) is 0 Å². The van der Waals surface area contributed by atoms with E-state index in [1.54, 1.807) is 30.9 Å². The van der Waals surface area contributed by atoms with Crippen molar-refractivity contribution in [1.82, 2.24) is 4.90 Å². The Hall–Kier alpha value is -2.24. The van der Waals surface area contributed by atoms with E-state index in [9.17, 15) is 9.90 Å². The van der Waals surface area contributed by atoms with Gasteiger partial charge in [0.1, 0.15) is 12.2 Å². The first-order chi connectivity index (χ1) is 12.3. The van der Waals surface area contributed by atoms with Crippen molar-refractivity contribution in [1.29, 1.82) is 0 Å². The molecule has 5 nitrogen and oxygen atoms in total. The maximum absolute atomic E-state index is 12.8. The third-order valence-electron chi connectivity index (χ3n) is 4.59. The number of ether oxygens (including phenoxy) is 2. The Morgan fingerprint density at radius 1 is 1.27 bits per heavy atom. The quantitative estimate of drug-likeness (QED) is 0.885. The van der Waals surface area contributed by atoms with E-state index in [1.165, 1.54) is 7.11 Å². The minimum absolute atomic E-state index is 0.0535. The molecule has 1 heterocycles. The molecule has 2 aromatic rings. The first-order valence-electron chi connectivity index (χ1n) is 8.41. The number of phenolic OH excluding ortho intramolecular Hbond substituents is 1. The zero-order valence-corrected chi connectivity index (χ0v) is 15.8. The van der Waals surface area contributed by atoms with Crippen LogP contribution in [0.2, 0.25) is 5.02 Å². The van der Waals surface area contributed by atoms with E-state index in [-0.39, 0.29) is 11.7 Å². The molecule has 3 rings (SSSR count). The lowest BCUT2D eigenvalue weighted by Crippen LogP contribution is -2.46. The third-order valence-corrected chi connectivity index (χ3v) is 4.82. The highest BCUT2D eigenvalue weighted by Crippen LogP contribution is 2.38. The molecule has 26 heavy (non-hydrogen) atoms. The highest BCUT2D eigenvalue weighted by molar-refractivity contribution is 6.30. The molecular weight excluding hydrogens is 354 g/mol. The van der Waals surface area contributed by atoms with Crippen molar-refractivity contribution in [3.8, 4) is 22.6 Å². The van der Waals surface area contributed by atoms with Crippen LogP contribution in [0.15, 0.2) is 36.4 Å². The summed E-state index contributed by atoms with van der Waals surface area (Å²) < 4.78 is 11.0. The summed E-state index contributed by atoms with van der Waals surface area (Å²) in [7, 11) is 1.52. The summed E-state index contributed by atoms with van der Waals surface area (Å²) in [6.45, 7) is 4.54. The van der Waals surface area contributed by atoms with Crippen LogP contribution in [0.1, 0.15) is 19.4 Å². The van der Waals surface area contributed by atoms with Gasteiger partial charge in [0.15, 0.2) is 11.5 Å². The predicted molar refractivity (Wildman–Crippen MR) is 101 cm³/mol. The second kappa shape index (κ2) is 7.17. The third kappa shape index (κ3) is 3.64. The molecule has 0 aliphatic carbocycles. The first kappa shape index (κ1) is 18.5. The minimum atomic E-state index is -0.920. The number of hydrogen-bond acceptors (Lipinski definition) is 4. The second-order valence-corrected chi connectivity index (χ2v) is 7.22. The van der Waals surface area contributed by atoms with Gasteiger partial charge >= 0.3 is 0 Å². The molecular formula is C20H22ClNO4. The number of nitrogens with zero attached hydrogens (tertiary/aromatic N) is 1. The fraction of sp³-hybridized carbons (Fsp3) is 0.350. The van der Waals surface area contributed by atoms with Gasteiger partial charge in [0, 0.05) is 24.2 Å². The van der Waals surface area contributed by atoms with E-state index >= 15 is 0 Å². The van der Waals surface area contributed by atoms with Gasteiger partial charge in [-0.1, -0.05) is 23.7 Å². The SMILES string of the molecule is COC(C)(C)C(=O)N1CCOc2c(O)cc(-c3cccc(Cl)c3)cc2C1. The number of carbonyl (C=O) groups excluding carboxylic acids is 1. The standard InChI is InChI=1S/C20H22ClNO4/c1-20(2,25-3)19(24)22-7-8-26-18-15(12-22)9-14(11-17(18)23)13-5-4-6-16(21)10-13/h4-6,9-11,23H,7-8,12H2,1-3H3. The number of halogens is 1. The fourth-order valence-electron chi connectivity index (χ4n) is 2.98. The van der Waals surface area contributed by atoms with E-state index in [4.69, 9.17) is 21.1 Å². The van der Waals surface area contributed by atoms with Crippen molar-refractivity contribution in [3.05, 3.63) is 47.0 Å². The normalized spacial score (nSPS) is 14.4. The van der Waals surface area contributed by atoms with Crippen LogP contribution in [0.5, 0.6) is 11.5 Å². The van der Waals surface area contributed by atoms with Crippen LogP contribution in [0, 0.1) is 0 Å². The molecule has 0 saturated heterocycles. The van der Waals surface area contributed by atoms with E-state index in [0.29, 0.717) is 30.5 Å². The maximum Gasteiger partial charge on any atom is 0.254 e. The highest BCUT2D eigenvalue weighted by atomic mass is 35.5. The zero-order valence-electron chi connectivity index (χ0n) is 15.1. The molecule has 0 bridgehead atoms. The highest BCUT2D eigenvalue weighted by Gasteiger charge is 2.33. The first-order valence-corrected chi connectivity index (χ1v) is 8.79. The lowest BCUT2D eigenvalue weighted by Gasteiger charge is -2.29. The van der Waals surface area contributed by atoms with Crippen molar-refractivity contribution < 1.29 is 19.4 Å². The molecule has 0 fully saturated rings. The van der Waals surface area contributed by atoms with Gasteiger partial charge in [0.2, 0.25) is 0 Å². The zero-order chi connectivity index (χ0) is 18.9. The number of amides is 1. The van der Waals surface area contributed by atoms with Crippen molar-refractivity contribution in [2.24, 2.45) is 0 Å². The summed E-state index contributed by atoms with van der Waals surface area (Å²) in [6.07, 6.45) is 0. The van der Waals surface area contributed by atoms with Crippen molar-refractivity contribution in [2.45, 2.75) is 26.0 Å². The number of aromatic hydroxyl groups is 1. The van der Waals surface area contributed by atoms with Crippen molar-refractivity contribution >= 4 is 17.5 Å². The van der Waals surface area contributed by atoms with Gasteiger partial charge < -0.3 is 19.5 Å². The molecule has 0 radical (unpaired) electrons. The molecule has 6 heteroatoms. The number of benzene rings is 2. The summed E-state index contributed by atoms with van der Waals surface area (Å²) in [5.41, 5.74) is 1.53. The molecule has 138 valence electrons. The molecule has 0 saturated carbocycles. The summed E-state index contributed by atoms with van der Waals surface area (Å²) in [5.74, 6) is 0.350. The molecule has 0 spiro atoms.